The maximum atomic E-state index is 12.5. The molecule has 0 N–H and O–H groups in total. The summed E-state index contributed by atoms with van der Waals surface area (Å²) in [6, 6.07) is 4.34. The molecule has 0 saturated carbocycles. The lowest BCUT2D eigenvalue weighted by Gasteiger charge is -2.11. The number of rotatable bonds is 7. The van der Waals surface area contributed by atoms with Crippen molar-refractivity contribution in [1.29, 1.82) is 0 Å². The zero-order valence-corrected chi connectivity index (χ0v) is 16.1. The van der Waals surface area contributed by atoms with Gasteiger partial charge >= 0.3 is 22.1 Å². The fraction of sp³-hybridized carbons (Fsp3) is 0.188. The van der Waals surface area contributed by atoms with Gasteiger partial charge in [0.2, 0.25) is 0 Å². The van der Waals surface area contributed by atoms with Gasteiger partial charge in [0.1, 0.15) is 0 Å². The summed E-state index contributed by atoms with van der Waals surface area (Å²) in [5.41, 5.74) is 1.38. The molecule has 9 nitrogen and oxygen atoms in total. The molecule has 0 atom stereocenters. The Bertz CT molecular complexity index is 978. The number of hydrogen-bond acceptors (Lipinski definition) is 10. The highest BCUT2D eigenvalue weighted by molar-refractivity contribution is 7.89. The normalized spacial score (nSPS) is 11.2. The highest BCUT2D eigenvalue weighted by Gasteiger charge is 2.29. The molecule has 1 aromatic heterocycles. The Morgan fingerprint density at radius 2 is 1.85 bits per heavy atom. The predicted molar refractivity (Wildman–Crippen MR) is 95.3 cm³/mol. The number of esters is 2. The average Bonchev–Trinajstić information content (AvgIpc) is 3.16. The van der Waals surface area contributed by atoms with Gasteiger partial charge in [-0.15, -0.1) is 11.3 Å². The molecule has 1 aromatic carbocycles. The van der Waals surface area contributed by atoms with Crippen LogP contribution in [0.25, 0.3) is 6.08 Å². The lowest BCUT2D eigenvalue weighted by atomic mass is 10.2. The van der Waals surface area contributed by atoms with Gasteiger partial charge in [0.15, 0.2) is 21.4 Å². The zero-order valence-electron chi connectivity index (χ0n) is 14.5. The van der Waals surface area contributed by atoms with E-state index < -0.39 is 22.1 Å². The van der Waals surface area contributed by atoms with Crippen molar-refractivity contribution in [2.75, 3.05) is 21.3 Å². The van der Waals surface area contributed by atoms with Crippen LogP contribution in [0.4, 0.5) is 0 Å². The summed E-state index contributed by atoms with van der Waals surface area (Å²) in [5.74, 6) is -1.43. The second kappa shape index (κ2) is 8.64. The molecule has 0 aliphatic carbocycles. The van der Waals surface area contributed by atoms with Crippen LogP contribution in [0.3, 0.4) is 0 Å². The van der Waals surface area contributed by atoms with Crippen molar-refractivity contribution in [2.45, 2.75) is 4.21 Å². The molecule has 0 bridgehead atoms. The van der Waals surface area contributed by atoms with Crippen LogP contribution in [0, 0.1) is 0 Å². The summed E-state index contributed by atoms with van der Waals surface area (Å²) in [6.07, 6.45) is 2.66. The van der Waals surface area contributed by atoms with E-state index in [-0.39, 0.29) is 21.4 Å². The smallest absolute Gasteiger partial charge is 0.359 e. The topological polar surface area (TPSA) is 118 Å². The molecule has 0 spiro atoms. The van der Waals surface area contributed by atoms with Crippen LogP contribution in [-0.2, 0) is 24.4 Å². The third kappa shape index (κ3) is 4.83. The first-order valence-electron chi connectivity index (χ1n) is 7.22. The minimum Gasteiger partial charge on any atom is -0.493 e. The number of thiazole rings is 1. The molecule has 144 valence electrons. The van der Waals surface area contributed by atoms with E-state index in [1.165, 1.54) is 50.1 Å². The lowest BCUT2D eigenvalue weighted by Crippen LogP contribution is -2.14. The number of benzene rings is 1. The van der Waals surface area contributed by atoms with E-state index in [2.05, 4.69) is 14.5 Å². The maximum absolute atomic E-state index is 12.5. The van der Waals surface area contributed by atoms with E-state index in [9.17, 15) is 18.0 Å². The molecule has 2 aromatic rings. The van der Waals surface area contributed by atoms with Gasteiger partial charge in [-0.1, -0.05) is 6.07 Å². The van der Waals surface area contributed by atoms with Crippen LogP contribution in [0.15, 0.2) is 34.0 Å². The van der Waals surface area contributed by atoms with Gasteiger partial charge in [0, 0.05) is 6.08 Å². The van der Waals surface area contributed by atoms with Crippen molar-refractivity contribution < 1.29 is 36.4 Å². The van der Waals surface area contributed by atoms with Gasteiger partial charge in [-0.05, 0) is 23.8 Å². The maximum Gasteiger partial charge on any atom is 0.359 e. The molecule has 11 heteroatoms. The number of nitrogens with zero attached hydrogens (tertiary/aromatic N) is 1. The van der Waals surface area contributed by atoms with Crippen LogP contribution >= 0.6 is 11.3 Å². The second-order valence-corrected chi connectivity index (χ2v) is 7.38. The monoisotopic (exact) mass is 413 g/mol. The summed E-state index contributed by atoms with van der Waals surface area (Å²) < 4.78 is 43.9. The van der Waals surface area contributed by atoms with Crippen LogP contribution in [0.1, 0.15) is 16.1 Å². The first kappa shape index (κ1) is 20.4. The van der Waals surface area contributed by atoms with E-state index in [4.69, 9.17) is 8.92 Å². The van der Waals surface area contributed by atoms with Gasteiger partial charge in [0.05, 0.1) is 26.8 Å². The molecular weight excluding hydrogens is 398 g/mol. The highest BCUT2D eigenvalue weighted by Crippen LogP contribution is 2.32. The van der Waals surface area contributed by atoms with E-state index in [0.29, 0.717) is 5.56 Å². The number of methoxy groups -OCH3 is 3. The van der Waals surface area contributed by atoms with Crippen LogP contribution in [0.5, 0.6) is 11.5 Å². The van der Waals surface area contributed by atoms with E-state index in [0.717, 1.165) is 18.4 Å². The Balaban J connectivity index is 2.34. The number of carbonyl (C=O) groups is 2. The first-order chi connectivity index (χ1) is 12.8. The molecule has 0 amide bonds. The SMILES string of the molecule is COC(=O)C=Cc1ccc(OS(=O)(=O)c2scnc2C(=O)OC)c(OC)c1. The van der Waals surface area contributed by atoms with Crippen LogP contribution < -0.4 is 8.92 Å². The summed E-state index contributed by atoms with van der Waals surface area (Å²) in [4.78, 5) is 26.5. The standard InChI is InChI=1S/C16H15NO8S2/c1-22-12-8-10(5-7-13(18)23-2)4-6-11(12)25-27(20,21)16-14(15(19)24-3)17-9-26-16/h4-9H,1-3H3. The Kier molecular flexibility index (Phi) is 6.53. The Labute approximate surface area is 159 Å². The number of aromatic nitrogens is 1. The van der Waals surface area contributed by atoms with Crippen molar-refractivity contribution in [3.8, 4) is 11.5 Å². The average molecular weight is 413 g/mol. The minimum absolute atomic E-state index is 0.100. The molecule has 0 aliphatic heterocycles. The van der Waals surface area contributed by atoms with Gasteiger partial charge in [-0.2, -0.15) is 8.42 Å². The first-order valence-corrected chi connectivity index (χ1v) is 9.51. The van der Waals surface area contributed by atoms with E-state index in [1.807, 2.05) is 0 Å². The second-order valence-electron chi connectivity index (χ2n) is 4.78. The van der Waals surface area contributed by atoms with Gasteiger partial charge in [-0.25, -0.2) is 14.6 Å². The van der Waals surface area contributed by atoms with E-state index >= 15 is 0 Å². The van der Waals surface area contributed by atoms with Gasteiger partial charge in [-0.3, -0.25) is 0 Å². The molecule has 0 unspecified atom stereocenters. The molecule has 2 rings (SSSR count). The quantitative estimate of drug-likeness (QED) is 0.381. The molecule has 27 heavy (non-hydrogen) atoms. The number of hydrogen-bond donors (Lipinski definition) is 0. The molecule has 0 fully saturated rings. The Morgan fingerprint density at radius 1 is 1.11 bits per heavy atom. The Hall–Kier alpha value is -2.92. The molecule has 0 saturated heterocycles. The molecule has 0 aliphatic rings. The Morgan fingerprint density at radius 3 is 2.48 bits per heavy atom. The molecule has 1 heterocycles. The summed E-state index contributed by atoms with van der Waals surface area (Å²) >= 11 is 0.722. The number of carbonyl (C=O) groups excluding carboxylic acids is 2. The predicted octanol–water partition coefficient (Wildman–Crippen LogP) is 1.89. The fourth-order valence-electron chi connectivity index (χ4n) is 1.89. The van der Waals surface area contributed by atoms with Crippen LogP contribution in [0.2, 0.25) is 0 Å². The third-order valence-electron chi connectivity index (χ3n) is 3.14. The molecular formula is C16H15NO8S2. The largest absolute Gasteiger partial charge is 0.493 e. The van der Waals surface area contributed by atoms with Crippen molar-refractivity contribution in [3.63, 3.8) is 0 Å². The van der Waals surface area contributed by atoms with Gasteiger partial charge in [0.25, 0.3) is 0 Å². The van der Waals surface area contributed by atoms with Crippen molar-refractivity contribution >= 4 is 39.5 Å². The summed E-state index contributed by atoms with van der Waals surface area (Å²) in [7, 11) is -0.659. The number of ether oxygens (including phenoxy) is 3. The van der Waals surface area contributed by atoms with Crippen molar-refractivity contribution in [3.05, 3.63) is 41.0 Å². The van der Waals surface area contributed by atoms with Crippen molar-refractivity contribution in [1.82, 2.24) is 4.98 Å². The highest BCUT2D eigenvalue weighted by atomic mass is 32.3. The third-order valence-corrected chi connectivity index (χ3v) is 5.71. The molecule has 0 radical (unpaired) electrons. The zero-order chi connectivity index (χ0) is 20.0. The lowest BCUT2D eigenvalue weighted by molar-refractivity contribution is -0.134. The van der Waals surface area contributed by atoms with E-state index in [1.54, 1.807) is 0 Å². The van der Waals surface area contributed by atoms with Crippen LogP contribution in [-0.4, -0.2) is 46.7 Å². The summed E-state index contributed by atoms with van der Waals surface area (Å²) in [6.45, 7) is 0. The minimum atomic E-state index is -4.35. The van der Waals surface area contributed by atoms with Crippen molar-refractivity contribution in [2.24, 2.45) is 0 Å². The summed E-state index contributed by atoms with van der Waals surface area (Å²) in [5, 5.41) is 0. The van der Waals surface area contributed by atoms with Gasteiger partial charge < -0.3 is 18.4 Å². The fourth-order valence-corrected chi connectivity index (χ4v) is 3.92.